The van der Waals surface area contributed by atoms with Crippen molar-refractivity contribution in [1.29, 1.82) is 0 Å². The average Bonchev–Trinajstić information content (AvgIpc) is 3.09. The van der Waals surface area contributed by atoms with Crippen LogP contribution in [0.3, 0.4) is 0 Å². The number of piperidine rings is 3. The Kier molecular flexibility index (Phi) is 4.06. The molecule has 1 N–H and O–H groups in total. The molecule has 3 aliphatic rings. The van der Waals surface area contributed by atoms with E-state index >= 15 is 0 Å². The van der Waals surface area contributed by atoms with E-state index in [9.17, 15) is 4.79 Å². The molecule has 2 aromatic heterocycles. The summed E-state index contributed by atoms with van der Waals surface area (Å²) in [6, 6.07) is 7.62. The van der Waals surface area contributed by atoms with E-state index in [1.54, 1.807) is 24.4 Å². The van der Waals surface area contributed by atoms with E-state index < -0.39 is 0 Å². The zero-order valence-corrected chi connectivity index (χ0v) is 14.3. The third-order valence-electron chi connectivity index (χ3n) is 5.32. The van der Waals surface area contributed by atoms with Gasteiger partial charge in [0, 0.05) is 23.8 Å². The van der Waals surface area contributed by atoms with Crippen molar-refractivity contribution in [3.63, 3.8) is 0 Å². The van der Waals surface area contributed by atoms with Crippen molar-refractivity contribution in [3.05, 3.63) is 41.4 Å². The summed E-state index contributed by atoms with van der Waals surface area (Å²) in [5, 5.41) is 3.61. The minimum atomic E-state index is -0.145. The summed E-state index contributed by atoms with van der Waals surface area (Å²) in [5.74, 6) is 1.38. The van der Waals surface area contributed by atoms with Crippen molar-refractivity contribution in [3.8, 4) is 11.3 Å². The van der Waals surface area contributed by atoms with Crippen LogP contribution in [-0.4, -0.2) is 41.0 Å². The number of halogens is 1. The Morgan fingerprint density at radius 3 is 2.75 bits per heavy atom. The van der Waals surface area contributed by atoms with Crippen LogP contribution in [0.2, 0.25) is 5.15 Å². The minimum absolute atomic E-state index is 0.145. The molecular weight excluding hydrogens is 326 g/mol. The van der Waals surface area contributed by atoms with Crippen LogP contribution in [0.4, 0.5) is 0 Å². The maximum absolute atomic E-state index is 12.6. The van der Waals surface area contributed by atoms with Crippen LogP contribution in [0.5, 0.6) is 0 Å². The highest BCUT2D eigenvalue weighted by Crippen LogP contribution is 2.32. The molecule has 24 heavy (non-hydrogen) atoms. The molecular formula is C18H20ClN3O2. The van der Waals surface area contributed by atoms with Gasteiger partial charge in [0.2, 0.25) is 0 Å². The number of nitrogens with one attached hydrogen (secondary N) is 1. The van der Waals surface area contributed by atoms with Gasteiger partial charge in [0.15, 0.2) is 5.76 Å². The number of hydrogen-bond acceptors (Lipinski definition) is 4. The standard InChI is InChI=1S/C18H20ClN3O2/c1-11-17(12-6-8-22(11)9-7-12)21-18(23)15-4-3-14(24-15)13-2-5-16(19)20-10-13/h2-5,10-12,17H,6-9H2,1H3,(H,21,23)/t11-,17-/m0/s1. The minimum Gasteiger partial charge on any atom is -0.451 e. The number of aromatic nitrogens is 1. The first kappa shape index (κ1) is 15.7. The molecule has 5 nitrogen and oxygen atoms in total. The SMILES string of the molecule is C[C@H]1[C@H](NC(=O)c2ccc(-c3ccc(Cl)nc3)o2)C2CCN1CC2. The van der Waals surface area contributed by atoms with Crippen LogP contribution in [0.25, 0.3) is 11.3 Å². The van der Waals surface area contributed by atoms with Gasteiger partial charge in [0.1, 0.15) is 10.9 Å². The van der Waals surface area contributed by atoms with Crippen LogP contribution in [0.15, 0.2) is 34.9 Å². The Morgan fingerprint density at radius 1 is 1.29 bits per heavy atom. The summed E-state index contributed by atoms with van der Waals surface area (Å²) in [5.41, 5.74) is 0.801. The van der Waals surface area contributed by atoms with Gasteiger partial charge in [-0.25, -0.2) is 4.98 Å². The first-order valence-electron chi connectivity index (χ1n) is 8.38. The van der Waals surface area contributed by atoms with E-state index in [1.165, 1.54) is 0 Å². The molecule has 2 aromatic rings. The van der Waals surface area contributed by atoms with Gasteiger partial charge in [0.25, 0.3) is 5.91 Å². The third kappa shape index (κ3) is 2.82. The largest absolute Gasteiger partial charge is 0.451 e. The lowest BCUT2D eigenvalue weighted by Crippen LogP contribution is -2.62. The second-order valence-corrected chi connectivity index (χ2v) is 7.03. The number of furan rings is 1. The normalized spacial score (nSPS) is 28.8. The molecule has 126 valence electrons. The number of nitrogens with zero attached hydrogens (tertiary/aromatic N) is 2. The van der Waals surface area contributed by atoms with Crippen LogP contribution in [0, 0.1) is 5.92 Å². The molecule has 3 saturated heterocycles. The van der Waals surface area contributed by atoms with Gasteiger partial charge < -0.3 is 9.73 Å². The Balaban J connectivity index is 1.48. The quantitative estimate of drug-likeness (QED) is 0.868. The predicted octanol–water partition coefficient (Wildman–Crippen LogP) is 3.21. The molecule has 6 heteroatoms. The van der Waals surface area contributed by atoms with Gasteiger partial charge in [-0.1, -0.05) is 11.6 Å². The molecule has 3 fully saturated rings. The van der Waals surface area contributed by atoms with Crippen molar-refractivity contribution in [2.75, 3.05) is 13.1 Å². The molecule has 0 spiro atoms. The van der Waals surface area contributed by atoms with E-state index in [-0.39, 0.29) is 11.9 Å². The first-order valence-corrected chi connectivity index (χ1v) is 8.76. The number of carbonyl (C=O) groups excluding carboxylic acids is 1. The fourth-order valence-corrected chi connectivity index (χ4v) is 4.02. The van der Waals surface area contributed by atoms with E-state index in [2.05, 4.69) is 22.1 Å². The number of hydrogen-bond donors (Lipinski definition) is 1. The summed E-state index contributed by atoms with van der Waals surface area (Å²) < 4.78 is 5.72. The topological polar surface area (TPSA) is 58.4 Å². The van der Waals surface area contributed by atoms with Crippen molar-refractivity contribution in [2.45, 2.75) is 31.8 Å². The lowest BCUT2D eigenvalue weighted by Gasteiger charge is -2.49. The van der Waals surface area contributed by atoms with Gasteiger partial charge in [-0.15, -0.1) is 0 Å². The van der Waals surface area contributed by atoms with Crippen LogP contribution >= 0.6 is 11.6 Å². The Bertz CT molecular complexity index is 733. The second kappa shape index (κ2) is 6.22. The Hall–Kier alpha value is -1.85. The lowest BCUT2D eigenvalue weighted by atomic mass is 9.79. The van der Waals surface area contributed by atoms with Gasteiger partial charge in [0.05, 0.1) is 0 Å². The molecule has 2 bridgehead atoms. The molecule has 0 aliphatic carbocycles. The molecule has 0 saturated carbocycles. The summed E-state index contributed by atoms with van der Waals surface area (Å²) in [6.07, 6.45) is 3.96. The molecule has 0 aromatic carbocycles. The zero-order chi connectivity index (χ0) is 16.7. The van der Waals surface area contributed by atoms with E-state index in [0.717, 1.165) is 31.5 Å². The molecule has 0 radical (unpaired) electrons. The molecule has 0 unspecified atom stereocenters. The van der Waals surface area contributed by atoms with Gasteiger partial charge in [-0.3, -0.25) is 9.69 Å². The second-order valence-electron chi connectivity index (χ2n) is 6.65. The van der Waals surface area contributed by atoms with E-state index in [1.807, 2.05) is 6.07 Å². The Morgan fingerprint density at radius 2 is 2.08 bits per heavy atom. The maximum Gasteiger partial charge on any atom is 0.287 e. The number of pyridine rings is 1. The highest BCUT2D eigenvalue weighted by Gasteiger charge is 2.40. The smallest absolute Gasteiger partial charge is 0.287 e. The molecule has 3 aliphatic heterocycles. The van der Waals surface area contributed by atoms with Crippen LogP contribution in [-0.2, 0) is 0 Å². The van der Waals surface area contributed by atoms with E-state index in [4.69, 9.17) is 16.0 Å². The molecule has 2 atom stereocenters. The third-order valence-corrected chi connectivity index (χ3v) is 5.54. The number of amides is 1. The lowest BCUT2D eigenvalue weighted by molar-refractivity contribution is 0.0211. The summed E-state index contributed by atoms with van der Waals surface area (Å²) in [7, 11) is 0. The molecule has 5 heterocycles. The van der Waals surface area contributed by atoms with Crippen molar-refractivity contribution >= 4 is 17.5 Å². The first-order chi connectivity index (χ1) is 11.6. The number of fused-ring (bicyclic) bond motifs is 3. The monoisotopic (exact) mass is 345 g/mol. The van der Waals surface area contributed by atoms with Gasteiger partial charge in [-0.05, 0) is 63.0 Å². The van der Waals surface area contributed by atoms with Crippen molar-refractivity contribution < 1.29 is 9.21 Å². The van der Waals surface area contributed by atoms with Crippen LogP contribution in [0.1, 0.15) is 30.3 Å². The molecule has 5 rings (SSSR count). The van der Waals surface area contributed by atoms with Crippen LogP contribution < -0.4 is 5.32 Å². The maximum atomic E-state index is 12.6. The number of carbonyl (C=O) groups is 1. The Labute approximate surface area is 146 Å². The van der Waals surface area contributed by atoms with E-state index in [0.29, 0.717) is 28.6 Å². The summed E-state index contributed by atoms with van der Waals surface area (Å²) in [6.45, 7) is 4.49. The zero-order valence-electron chi connectivity index (χ0n) is 13.5. The fourth-order valence-electron chi connectivity index (χ4n) is 3.90. The number of rotatable bonds is 3. The van der Waals surface area contributed by atoms with Crippen molar-refractivity contribution in [1.82, 2.24) is 15.2 Å². The molecule has 1 amide bonds. The highest BCUT2D eigenvalue weighted by atomic mass is 35.5. The van der Waals surface area contributed by atoms with Gasteiger partial charge >= 0.3 is 0 Å². The summed E-state index contributed by atoms with van der Waals surface area (Å²) >= 11 is 5.80. The highest BCUT2D eigenvalue weighted by molar-refractivity contribution is 6.29. The van der Waals surface area contributed by atoms with Crippen molar-refractivity contribution in [2.24, 2.45) is 5.92 Å². The fraction of sp³-hybridized carbons (Fsp3) is 0.444. The average molecular weight is 346 g/mol. The summed E-state index contributed by atoms with van der Waals surface area (Å²) in [4.78, 5) is 19.1. The van der Waals surface area contributed by atoms with Gasteiger partial charge in [-0.2, -0.15) is 0 Å². The predicted molar refractivity (Wildman–Crippen MR) is 92.0 cm³/mol.